The minimum atomic E-state index is -1.26. The lowest BCUT2D eigenvalue weighted by molar-refractivity contribution is -0.120. The minimum absolute atomic E-state index is 0.149. The Kier molecular flexibility index (Phi) is 4.23. The molecule has 0 saturated heterocycles. The summed E-state index contributed by atoms with van der Waals surface area (Å²) in [6.45, 7) is 0. The molecule has 1 aromatic rings. The van der Waals surface area contributed by atoms with Crippen LogP contribution in [0.3, 0.4) is 0 Å². The number of hydrogen-bond donors (Lipinski definition) is 4. The molecule has 0 spiro atoms. The van der Waals surface area contributed by atoms with E-state index >= 15 is 0 Å². The van der Waals surface area contributed by atoms with Gasteiger partial charge in [0.2, 0.25) is 5.91 Å². The van der Waals surface area contributed by atoms with Crippen LogP contribution >= 0.6 is 0 Å². The van der Waals surface area contributed by atoms with Gasteiger partial charge in [-0.1, -0.05) is 6.42 Å². The predicted octanol–water partition coefficient (Wildman–Crippen LogP) is 1.15. The van der Waals surface area contributed by atoms with Crippen LogP contribution in [0.2, 0.25) is 0 Å². The highest BCUT2D eigenvalue weighted by molar-refractivity contribution is 5.99. The Bertz CT molecular complexity index is 567. The van der Waals surface area contributed by atoms with Crippen LogP contribution in [0.25, 0.3) is 0 Å². The number of carbonyl (C=O) groups is 3. The lowest BCUT2D eigenvalue weighted by atomic mass is 10.0. The van der Waals surface area contributed by atoms with Crippen LogP contribution in [0.15, 0.2) is 18.2 Å². The molecule has 0 heterocycles. The first-order valence-corrected chi connectivity index (χ1v) is 6.56. The molecule has 0 aromatic heterocycles. The fourth-order valence-corrected chi connectivity index (χ4v) is 2.50. The Balaban J connectivity index is 2.24. The number of anilines is 1. The average Bonchev–Trinajstić information content (AvgIpc) is 2.84. The Hall–Kier alpha value is -2.41. The summed E-state index contributed by atoms with van der Waals surface area (Å²) in [5.74, 6) is -3.15. The molecule has 1 aliphatic carbocycles. The number of carbonyl (C=O) groups excluding carboxylic acids is 1. The maximum absolute atomic E-state index is 12.1. The molecule has 5 N–H and O–H groups in total. The molecule has 2 rings (SSSR count). The van der Waals surface area contributed by atoms with E-state index in [1.807, 2.05) is 0 Å². The summed E-state index contributed by atoms with van der Waals surface area (Å²) in [4.78, 5) is 34.1. The van der Waals surface area contributed by atoms with Crippen molar-refractivity contribution < 1.29 is 24.6 Å². The van der Waals surface area contributed by atoms with Crippen molar-refractivity contribution >= 4 is 23.5 Å². The third kappa shape index (κ3) is 3.38. The van der Waals surface area contributed by atoms with E-state index in [0.29, 0.717) is 6.42 Å². The Labute approximate surface area is 120 Å². The smallest absolute Gasteiger partial charge is 0.335 e. The van der Waals surface area contributed by atoms with Crippen molar-refractivity contribution in [1.29, 1.82) is 0 Å². The van der Waals surface area contributed by atoms with Crippen molar-refractivity contribution in [2.45, 2.75) is 25.3 Å². The first kappa shape index (κ1) is 15.0. The molecule has 7 heteroatoms. The normalized spacial score (nSPS) is 21.0. The van der Waals surface area contributed by atoms with Crippen molar-refractivity contribution in [3.8, 4) is 0 Å². The van der Waals surface area contributed by atoms with Crippen LogP contribution in [0.4, 0.5) is 5.69 Å². The maximum Gasteiger partial charge on any atom is 0.335 e. The molecule has 0 radical (unpaired) electrons. The zero-order chi connectivity index (χ0) is 15.6. The zero-order valence-electron chi connectivity index (χ0n) is 11.2. The molecule has 0 aliphatic heterocycles. The average molecular weight is 292 g/mol. The molecule has 7 nitrogen and oxygen atoms in total. The Morgan fingerprint density at radius 2 is 1.62 bits per heavy atom. The minimum Gasteiger partial charge on any atom is -0.478 e. The van der Waals surface area contributed by atoms with Gasteiger partial charge < -0.3 is 21.3 Å². The van der Waals surface area contributed by atoms with Gasteiger partial charge in [0.15, 0.2) is 0 Å². The molecule has 21 heavy (non-hydrogen) atoms. The second-order valence-corrected chi connectivity index (χ2v) is 5.10. The van der Waals surface area contributed by atoms with Crippen molar-refractivity contribution in [3.05, 3.63) is 29.3 Å². The summed E-state index contributed by atoms with van der Waals surface area (Å²) < 4.78 is 0. The third-order valence-electron chi connectivity index (χ3n) is 3.60. The first-order chi connectivity index (χ1) is 9.88. The van der Waals surface area contributed by atoms with Crippen molar-refractivity contribution in [2.24, 2.45) is 11.7 Å². The quantitative estimate of drug-likeness (QED) is 0.658. The third-order valence-corrected chi connectivity index (χ3v) is 3.60. The number of nitrogens with two attached hydrogens (primary N) is 1. The van der Waals surface area contributed by atoms with Crippen molar-refractivity contribution in [3.63, 3.8) is 0 Å². The summed E-state index contributed by atoms with van der Waals surface area (Å²) >= 11 is 0. The number of aromatic carboxylic acids is 2. The van der Waals surface area contributed by atoms with E-state index in [9.17, 15) is 14.4 Å². The van der Waals surface area contributed by atoms with Gasteiger partial charge in [-0.3, -0.25) is 4.79 Å². The molecule has 1 saturated carbocycles. The molecule has 2 unspecified atom stereocenters. The van der Waals surface area contributed by atoms with Crippen molar-refractivity contribution in [2.75, 3.05) is 5.32 Å². The highest BCUT2D eigenvalue weighted by Gasteiger charge is 2.30. The van der Waals surface area contributed by atoms with Crippen LogP contribution in [0.1, 0.15) is 40.0 Å². The van der Waals surface area contributed by atoms with E-state index in [2.05, 4.69) is 5.32 Å². The lowest BCUT2D eigenvalue weighted by Crippen LogP contribution is -2.34. The fraction of sp³-hybridized carbons (Fsp3) is 0.357. The van der Waals surface area contributed by atoms with Gasteiger partial charge in [-0.05, 0) is 31.0 Å². The van der Waals surface area contributed by atoms with Gasteiger partial charge in [-0.15, -0.1) is 0 Å². The topological polar surface area (TPSA) is 130 Å². The van der Waals surface area contributed by atoms with Crippen LogP contribution in [0, 0.1) is 5.92 Å². The van der Waals surface area contributed by atoms with Crippen LogP contribution in [0.5, 0.6) is 0 Å². The van der Waals surface area contributed by atoms with Gasteiger partial charge >= 0.3 is 11.9 Å². The molecule has 1 aromatic carbocycles. The molecule has 0 bridgehead atoms. The standard InChI is InChI=1S/C14H16N2O5/c15-11-3-1-2-10(11)12(17)16-9-5-7(13(18)19)4-8(6-9)14(20)21/h4-6,10-11H,1-3,15H2,(H,16,17)(H,18,19)(H,20,21). The number of carboxylic acid groups (broad SMARTS) is 2. The van der Waals surface area contributed by atoms with Gasteiger partial charge in [-0.2, -0.15) is 0 Å². The number of carboxylic acids is 2. The summed E-state index contributed by atoms with van der Waals surface area (Å²) in [5, 5.41) is 20.5. The number of rotatable bonds is 4. The van der Waals surface area contributed by atoms with Gasteiger partial charge in [0, 0.05) is 11.7 Å². The predicted molar refractivity (Wildman–Crippen MR) is 74.3 cm³/mol. The molecular formula is C14H16N2O5. The molecule has 112 valence electrons. The summed E-state index contributed by atoms with van der Waals surface area (Å²) in [6.07, 6.45) is 2.32. The first-order valence-electron chi connectivity index (χ1n) is 6.56. The highest BCUT2D eigenvalue weighted by Crippen LogP contribution is 2.26. The second kappa shape index (κ2) is 5.92. The van der Waals surface area contributed by atoms with E-state index in [0.717, 1.165) is 18.9 Å². The van der Waals surface area contributed by atoms with Crippen LogP contribution in [-0.2, 0) is 4.79 Å². The van der Waals surface area contributed by atoms with E-state index in [-0.39, 0.29) is 34.7 Å². The van der Waals surface area contributed by atoms with E-state index in [1.54, 1.807) is 0 Å². The molecule has 1 amide bonds. The molecule has 1 fully saturated rings. The number of benzene rings is 1. The zero-order valence-corrected chi connectivity index (χ0v) is 11.2. The molecule has 2 atom stereocenters. The fourth-order valence-electron chi connectivity index (χ4n) is 2.50. The molecular weight excluding hydrogens is 276 g/mol. The number of amides is 1. The Morgan fingerprint density at radius 1 is 1.05 bits per heavy atom. The van der Waals surface area contributed by atoms with E-state index < -0.39 is 11.9 Å². The summed E-state index contributed by atoms with van der Waals surface area (Å²) in [7, 11) is 0. The monoisotopic (exact) mass is 292 g/mol. The lowest BCUT2D eigenvalue weighted by Gasteiger charge is -2.15. The number of nitrogens with one attached hydrogen (secondary N) is 1. The highest BCUT2D eigenvalue weighted by atomic mass is 16.4. The summed E-state index contributed by atoms with van der Waals surface area (Å²) in [5.41, 5.74) is 5.60. The largest absolute Gasteiger partial charge is 0.478 e. The van der Waals surface area contributed by atoms with Crippen molar-refractivity contribution in [1.82, 2.24) is 0 Å². The van der Waals surface area contributed by atoms with Crippen LogP contribution < -0.4 is 11.1 Å². The van der Waals surface area contributed by atoms with E-state index in [1.165, 1.54) is 12.1 Å². The van der Waals surface area contributed by atoms with Crippen LogP contribution in [-0.4, -0.2) is 34.1 Å². The summed E-state index contributed by atoms with van der Waals surface area (Å²) in [6, 6.07) is 3.29. The SMILES string of the molecule is NC1CCCC1C(=O)Nc1cc(C(=O)O)cc(C(=O)O)c1. The van der Waals surface area contributed by atoms with Gasteiger partial charge in [0.25, 0.3) is 0 Å². The molecule has 1 aliphatic rings. The number of hydrogen-bond acceptors (Lipinski definition) is 4. The van der Waals surface area contributed by atoms with Gasteiger partial charge in [-0.25, -0.2) is 9.59 Å². The Morgan fingerprint density at radius 3 is 2.05 bits per heavy atom. The maximum atomic E-state index is 12.1. The van der Waals surface area contributed by atoms with Gasteiger partial charge in [0.1, 0.15) is 0 Å². The second-order valence-electron chi connectivity index (χ2n) is 5.10. The van der Waals surface area contributed by atoms with Gasteiger partial charge in [0.05, 0.1) is 17.0 Å². The van der Waals surface area contributed by atoms with E-state index in [4.69, 9.17) is 15.9 Å².